The standard InChI is InChI=1S/C19H27NO2/c1-4-5-6-7-8-9-10-15-11-12-17(22-3)19-18(15)16(21)13-14(2)20-19/h11-13H,4-10H2,1-3H3,(H,20,21). The van der Waals surface area contributed by atoms with Gasteiger partial charge in [-0.15, -0.1) is 0 Å². The lowest BCUT2D eigenvalue weighted by atomic mass is 10.00. The van der Waals surface area contributed by atoms with E-state index in [2.05, 4.69) is 11.9 Å². The number of pyridine rings is 1. The summed E-state index contributed by atoms with van der Waals surface area (Å²) in [6.07, 6.45) is 8.54. The van der Waals surface area contributed by atoms with Gasteiger partial charge in [-0.1, -0.05) is 45.1 Å². The van der Waals surface area contributed by atoms with Gasteiger partial charge in [0.1, 0.15) is 5.75 Å². The van der Waals surface area contributed by atoms with Crippen molar-refractivity contribution in [2.24, 2.45) is 0 Å². The lowest BCUT2D eigenvalue weighted by molar-refractivity contribution is 0.418. The molecule has 22 heavy (non-hydrogen) atoms. The molecule has 1 N–H and O–H groups in total. The molecule has 3 nitrogen and oxygen atoms in total. The zero-order valence-corrected chi connectivity index (χ0v) is 14.0. The van der Waals surface area contributed by atoms with Gasteiger partial charge in [0.25, 0.3) is 0 Å². The number of aromatic nitrogens is 1. The van der Waals surface area contributed by atoms with Gasteiger partial charge in [0, 0.05) is 11.8 Å². The second-order valence-electron chi connectivity index (χ2n) is 6.01. The van der Waals surface area contributed by atoms with Crippen LogP contribution in [-0.4, -0.2) is 12.1 Å². The van der Waals surface area contributed by atoms with E-state index >= 15 is 0 Å². The number of nitrogens with one attached hydrogen (secondary N) is 1. The quantitative estimate of drug-likeness (QED) is 0.715. The van der Waals surface area contributed by atoms with Crippen LogP contribution in [0.1, 0.15) is 56.7 Å². The van der Waals surface area contributed by atoms with Crippen LogP contribution in [0.15, 0.2) is 23.0 Å². The van der Waals surface area contributed by atoms with Crippen molar-refractivity contribution in [2.75, 3.05) is 7.11 Å². The molecule has 3 heteroatoms. The maximum absolute atomic E-state index is 12.4. The van der Waals surface area contributed by atoms with E-state index in [1.54, 1.807) is 13.2 Å². The molecule has 0 aliphatic carbocycles. The van der Waals surface area contributed by atoms with Gasteiger partial charge in [0.05, 0.1) is 18.0 Å². The summed E-state index contributed by atoms with van der Waals surface area (Å²) in [6, 6.07) is 5.68. The Bertz CT molecular complexity index is 673. The Kier molecular flexibility index (Phi) is 6.05. The topological polar surface area (TPSA) is 42.1 Å². The number of unbranched alkanes of at least 4 members (excludes halogenated alkanes) is 5. The van der Waals surface area contributed by atoms with Crippen LogP contribution >= 0.6 is 0 Å². The number of aryl methyl sites for hydroxylation is 2. The molecule has 1 aromatic carbocycles. The molecule has 0 radical (unpaired) electrons. The van der Waals surface area contributed by atoms with Crippen molar-refractivity contribution in [3.05, 3.63) is 39.7 Å². The molecular formula is C19H27NO2. The first kappa shape index (κ1) is 16.6. The van der Waals surface area contributed by atoms with Crippen molar-refractivity contribution < 1.29 is 4.74 Å². The number of rotatable bonds is 8. The molecule has 0 saturated heterocycles. The maximum atomic E-state index is 12.4. The zero-order valence-electron chi connectivity index (χ0n) is 14.0. The van der Waals surface area contributed by atoms with Crippen LogP contribution in [0.4, 0.5) is 0 Å². The molecule has 0 bridgehead atoms. The van der Waals surface area contributed by atoms with E-state index < -0.39 is 0 Å². The van der Waals surface area contributed by atoms with Crippen LogP contribution in [0, 0.1) is 6.92 Å². The van der Waals surface area contributed by atoms with Crippen molar-refractivity contribution in [3.63, 3.8) is 0 Å². The SMILES string of the molecule is CCCCCCCCc1ccc(OC)c2[nH]c(C)cc(=O)c12. The average molecular weight is 301 g/mol. The maximum Gasteiger partial charge on any atom is 0.190 e. The van der Waals surface area contributed by atoms with Crippen LogP contribution in [0.2, 0.25) is 0 Å². The summed E-state index contributed by atoms with van der Waals surface area (Å²) in [4.78, 5) is 15.7. The van der Waals surface area contributed by atoms with Crippen LogP contribution in [0.25, 0.3) is 10.9 Å². The highest BCUT2D eigenvalue weighted by molar-refractivity contribution is 5.87. The third kappa shape index (κ3) is 3.90. The van der Waals surface area contributed by atoms with Crippen molar-refractivity contribution in [1.29, 1.82) is 0 Å². The van der Waals surface area contributed by atoms with Crippen LogP contribution < -0.4 is 10.2 Å². The Morgan fingerprint density at radius 3 is 2.55 bits per heavy atom. The van der Waals surface area contributed by atoms with E-state index in [1.807, 2.05) is 19.1 Å². The number of hydrogen-bond acceptors (Lipinski definition) is 2. The third-order valence-corrected chi connectivity index (χ3v) is 4.19. The van der Waals surface area contributed by atoms with Gasteiger partial charge < -0.3 is 9.72 Å². The number of aromatic amines is 1. The summed E-state index contributed by atoms with van der Waals surface area (Å²) >= 11 is 0. The first-order valence-corrected chi connectivity index (χ1v) is 8.37. The van der Waals surface area contributed by atoms with E-state index in [-0.39, 0.29) is 5.43 Å². The molecule has 0 aliphatic heterocycles. The Morgan fingerprint density at radius 2 is 1.82 bits per heavy atom. The average Bonchev–Trinajstić information content (AvgIpc) is 2.50. The molecular weight excluding hydrogens is 274 g/mol. The molecule has 0 fully saturated rings. The van der Waals surface area contributed by atoms with Crippen molar-refractivity contribution in [3.8, 4) is 5.75 Å². The monoisotopic (exact) mass is 301 g/mol. The molecule has 2 rings (SSSR count). The van der Waals surface area contributed by atoms with Gasteiger partial charge in [-0.05, 0) is 31.4 Å². The minimum atomic E-state index is 0.0890. The minimum absolute atomic E-state index is 0.0890. The Balaban J connectivity index is 2.18. The van der Waals surface area contributed by atoms with Crippen molar-refractivity contribution >= 4 is 10.9 Å². The number of fused-ring (bicyclic) bond motifs is 1. The summed E-state index contributed by atoms with van der Waals surface area (Å²) in [7, 11) is 1.64. The van der Waals surface area contributed by atoms with Gasteiger partial charge in [0.15, 0.2) is 5.43 Å². The number of H-pyrrole nitrogens is 1. The summed E-state index contributed by atoms with van der Waals surface area (Å²) in [6.45, 7) is 4.14. The fourth-order valence-electron chi connectivity index (χ4n) is 3.01. The van der Waals surface area contributed by atoms with E-state index in [4.69, 9.17) is 4.74 Å². The smallest absolute Gasteiger partial charge is 0.190 e. The fourth-order valence-corrected chi connectivity index (χ4v) is 3.01. The molecule has 0 amide bonds. The lowest BCUT2D eigenvalue weighted by Crippen LogP contribution is -2.07. The Labute approximate surface area is 132 Å². The van der Waals surface area contributed by atoms with E-state index in [0.717, 1.165) is 40.8 Å². The number of hydrogen-bond donors (Lipinski definition) is 1. The van der Waals surface area contributed by atoms with E-state index in [9.17, 15) is 4.79 Å². The van der Waals surface area contributed by atoms with Gasteiger partial charge in [-0.2, -0.15) is 0 Å². The first-order chi connectivity index (χ1) is 10.7. The van der Waals surface area contributed by atoms with Crippen molar-refractivity contribution in [2.45, 2.75) is 58.8 Å². The second kappa shape index (κ2) is 8.02. The molecule has 2 aromatic rings. The molecule has 0 saturated carbocycles. The first-order valence-electron chi connectivity index (χ1n) is 8.37. The van der Waals surface area contributed by atoms with Crippen LogP contribution in [0.3, 0.4) is 0 Å². The van der Waals surface area contributed by atoms with E-state index in [1.165, 1.54) is 32.1 Å². The predicted octanol–water partition coefficient (Wildman–Crippen LogP) is 4.75. The highest BCUT2D eigenvalue weighted by Gasteiger charge is 2.10. The molecule has 0 unspecified atom stereocenters. The largest absolute Gasteiger partial charge is 0.495 e. The van der Waals surface area contributed by atoms with Gasteiger partial charge in [0.2, 0.25) is 0 Å². The molecule has 0 spiro atoms. The fraction of sp³-hybridized carbons (Fsp3) is 0.526. The van der Waals surface area contributed by atoms with Gasteiger partial charge in [-0.25, -0.2) is 0 Å². The van der Waals surface area contributed by atoms with Gasteiger partial charge in [-0.3, -0.25) is 4.79 Å². The summed E-state index contributed by atoms with van der Waals surface area (Å²) in [5.41, 5.74) is 2.92. The number of methoxy groups -OCH3 is 1. The van der Waals surface area contributed by atoms with Crippen molar-refractivity contribution in [1.82, 2.24) is 4.98 Å². The van der Waals surface area contributed by atoms with Crippen LogP contribution in [0.5, 0.6) is 5.75 Å². The zero-order chi connectivity index (χ0) is 15.9. The summed E-state index contributed by atoms with van der Waals surface area (Å²) in [5, 5.41) is 0.790. The Morgan fingerprint density at radius 1 is 1.09 bits per heavy atom. The number of benzene rings is 1. The van der Waals surface area contributed by atoms with Crippen LogP contribution in [-0.2, 0) is 6.42 Å². The third-order valence-electron chi connectivity index (χ3n) is 4.19. The van der Waals surface area contributed by atoms with Gasteiger partial charge >= 0.3 is 0 Å². The lowest BCUT2D eigenvalue weighted by Gasteiger charge is -2.11. The number of ether oxygens (including phenoxy) is 1. The second-order valence-corrected chi connectivity index (χ2v) is 6.01. The molecule has 1 aromatic heterocycles. The minimum Gasteiger partial charge on any atom is -0.495 e. The predicted molar refractivity (Wildman–Crippen MR) is 92.9 cm³/mol. The molecule has 0 aliphatic rings. The summed E-state index contributed by atoms with van der Waals surface area (Å²) in [5.74, 6) is 0.738. The molecule has 120 valence electrons. The Hall–Kier alpha value is -1.77. The van der Waals surface area contributed by atoms with E-state index in [0.29, 0.717) is 0 Å². The highest BCUT2D eigenvalue weighted by atomic mass is 16.5. The summed E-state index contributed by atoms with van der Waals surface area (Å²) < 4.78 is 5.39. The highest BCUT2D eigenvalue weighted by Crippen LogP contribution is 2.26. The normalized spacial score (nSPS) is 11.0. The molecule has 1 heterocycles. The molecule has 0 atom stereocenters.